The highest BCUT2D eigenvalue weighted by atomic mass is 16.3. The molecule has 2 heterocycles. The van der Waals surface area contributed by atoms with Crippen LogP contribution in [0.15, 0.2) is 51.9 Å². The average Bonchev–Trinajstić information content (AvgIpc) is 3.18. The number of likely N-dealkylation sites (tertiary alicyclic amines) is 1. The third-order valence-corrected chi connectivity index (χ3v) is 5.51. The summed E-state index contributed by atoms with van der Waals surface area (Å²) in [6.45, 7) is 5.82. The number of hydrogen-bond donors (Lipinski definition) is 2. The second-order valence-corrected chi connectivity index (χ2v) is 7.75. The fraction of sp³-hybridized carbons (Fsp3) is 0.478. The molecule has 2 N–H and O–H groups in total. The van der Waals surface area contributed by atoms with Crippen molar-refractivity contribution in [1.82, 2.24) is 15.5 Å². The van der Waals surface area contributed by atoms with E-state index in [2.05, 4.69) is 46.0 Å². The predicted octanol–water partition coefficient (Wildman–Crippen LogP) is 3.30. The van der Waals surface area contributed by atoms with Crippen molar-refractivity contribution in [2.45, 2.75) is 39.2 Å². The van der Waals surface area contributed by atoms with Gasteiger partial charge in [0.2, 0.25) is 5.91 Å². The van der Waals surface area contributed by atoms with E-state index in [9.17, 15) is 4.79 Å². The van der Waals surface area contributed by atoms with Crippen molar-refractivity contribution in [2.75, 3.05) is 26.7 Å². The van der Waals surface area contributed by atoms with Crippen LogP contribution in [0.25, 0.3) is 0 Å². The summed E-state index contributed by atoms with van der Waals surface area (Å²) >= 11 is 0. The summed E-state index contributed by atoms with van der Waals surface area (Å²) in [5, 5.41) is 6.39. The number of nitrogens with one attached hydrogen (secondary N) is 2. The smallest absolute Gasteiger partial charge is 0.241 e. The molecule has 0 aliphatic carbocycles. The Hall–Kier alpha value is -2.76. The number of benzene rings is 1. The number of amides is 1. The summed E-state index contributed by atoms with van der Waals surface area (Å²) in [5.74, 6) is 3.09. The predicted molar refractivity (Wildman–Crippen MR) is 116 cm³/mol. The van der Waals surface area contributed by atoms with Gasteiger partial charge in [-0.1, -0.05) is 30.3 Å². The Bertz CT molecular complexity index is 807. The normalized spacial score (nSPS) is 16.5. The maximum Gasteiger partial charge on any atom is 0.241 e. The van der Waals surface area contributed by atoms with Crippen LogP contribution in [0, 0.1) is 12.8 Å². The Kier molecular flexibility index (Phi) is 7.33. The summed E-state index contributed by atoms with van der Waals surface area (Å²) in [6, 6.07) is 14.5. The molecule has 1 fully saturated rings. The number of aliphatic imine (C=N–C) groups is 1. The first-order valence-corrected chi connectivity index (χ1v) is 10.4. The standard InChI is InChI=1S/C23H32N4O2/c1-17-9-10-21(29-17)18(2)26-23(24-3)25-16-22(28)27-13-11-20(12-14-27)15-19-7-5-4-6-8-19/h4-10,18,20H,11-16H2,1-3H3,(H2,24,25,26). The fourth-order valence-corrected chi connectivity index (χ4v) is 3.76. The lowest BCUT2D eigenvalue weighted by atomic mass is 9.90. The molecule has 1 amide bonds. The Labute approximate surface area is 173 Å². The van der Waals surface area contributed by atoms with Crippen LogP contribution in [0.4, 0.5) is 0 Å². The third-order valence-electron chi connectivity index (χ3n) is 5.51. The van der Waals surface area contributed by atoms with Crippen LogP contribution >= 0.6 is 0 Å². The van der Waals surface area contributed by atoms with Crippen LogP contribution in [0.3, 0.4) is 0 Å². The van der Waals surface area contributed by atoms with Crippen molar-refractivity contribution in [3.8, 4) is 0 Å². The van der Waals surface area contributed by atoms with Gasteiger partial charge < -0.3 is 20.0 Å². The van der Waals surface area contributed by atoms with Crippen molar-refractivity contribution in [2.24, 2.45) is 10.9 Å². The molecule has 6 nitrogen and oxygen atoms in total. The maximum absolute atomic E-state index is 12.6. The Morgan fingerprint density at radius 2 is 1.93 bits per heavy atom. The lowest BCUT2D eigenvalue weighted by Crippen LogP contribution is -2.47. The molecule has 0 spiro atoms. The second-order valence-electron chi connectivity index (χ2n) is 7.75. The van der Waals surface area contributed by atoms with Gasteiger partial charge in [0.15, 0.2) is 5.96 Å². The third kappa shape index (κ3) is 6.11. The molecule has 6 heteroatoms. The van der Waals surface area contributed by atoms with Crippen LogP contribution in [-0.4, -0.2) is 43.4 Å². The van der Waals surface area contributed by atoms with Gasteiger partial charge in [0.05, 0.1) is 12.6 Å². The number of rotatable bonds is 6. The molecular weight excluding hydrogens is 364 g/mol. The van der Waals surface area contributed by atoms with Gasteiger partial charge in [0.25, 0.3) is 0 Å². The summed E-state index contributed by atoms with van der Waals surface area (Å²) in [6.07, 6.45) is 3.22. The maximum atomic E-state index is 12.6. The van der Waals surface area contributed by atoms with E-state index >= 15 is 0 Å². The Balaban J connectivity index is 1.41. The summed E-state index contributed by atoms with van der Waals surface area (Å²) < 4.78 is 5.64. The highest BCUT2D eigenvalue weighted by molar-refractivity contribution is 5.86. The van der Waals surface area contributed by atoms with E-state index in [4.69, 9.17) is 4.42 Å². The molecule has 1 aromatic heterocycles. The van der Waals surface area contributed by atoms with Crippen molar-refractivity contribution >= 4 is 11.9 Å². The molecule has 1 aliphatic rings. The zero-order valence-corrected chi connectivity index (χ0v) is 17.6. The van der Waals surface area contributed by atoms with Crippen LogP contribution < -0.4 is 10.6 Å². The monoisotopic (exact) mass is 396 g/mol. The highest BCUT2D eigenvalue weighted by Gasteiger charge is 2.23. The number of piperidine rings is 1. The summed E-state index contributed by atoms with van der Waals surface area (Å²) in [4.78, 5) is 18.8. The number of carbonyl (C=O) groups excluding carboxylic acids is 1. The van der Waals surface area contributed by atoms with Gasteiger partial charge in [-0.05, 0) is 56.7 Å². The minimum atomic E-state index is -0.0290. The van der Waals surface area contributed by atoms with E-state index < -0.39 is 0 Å². The molecule has 1 aliphatic heterocycles. The van der Waals surface area contributed by atoms with Gasteiger partial charge in [-0.2, -0.15) is 0 Å². The van der Waals surface area contributed by atoms with E-state index in [1.165, 1.54) is 5.56 Å². The molecule has 156 valence electrons. The highest BCUT2D eigenvalue weighted by Crippen LogP contribution is 2.21. The summed E-state index contributed by atoms with van der Waals surface area (Å²) in [5.41, 5.74) is 1.38. The Morgan fingerprint density at radius 1 is 1.21 bits per heavy atom. The van der Waals surface area contributed by atoms with Gasteiger partial charge in [-0.25, -0.2) is 0 Å². The topological polar surface area (TPSA) is 69.9 Å². The largest absolute Gasteiger partial charge is 0.464 e. The van der Waals surface area contributed by atoms with Crippen LogP contribution in [-0.2, 0) is 11.2 Å². The van der Waals surface area contributed by atoms with Crippen molar-refractivity contribution in [1.29, 1.82) is 0 Å². The molecule has 0 bridgehead atoms. The fourth-order valence-electron chi connectivity index (χ4n) is 3.76. The number of hydrogen-bond acceptors (Lipinski definition) is 3. The lowest BCUT2D eigenvalue weighted by molar-refractivity contribution is -0.131. The first-order valence-electron chi connectivity index (χ1n) is 10.4. The number of nitrogens with zero attached hydrogens (tertiary/aromatic N) is 2. The van der Waals surface area contributed by atoms with Gasteiger partial charge in [0, 0.05) is 20.1 Å². The number of carbonyl (C=O) groups is 1. The van der Waals surface area contributed by atoms with E-state index in [1.807, 2.05) is 30.9 Å². The molecule has 1 atom stereocenters. The molecular formula is C23H32N4O2. The second kappa shape index (κ2) is 10.1. The van der Waals surface area contributed by atoms with Crippen molar-refractivity contribution in [3.05, 3.63) is 59.5 Å². The zero-order chi connectivity index (χ0) is 20.6. The molecule has 2 aromatic rings. The van der Waals surface area contributed by atoms with Gasteiger partial charge in [-0.15, -0.1) is 0 Å². The van der Waals surface area contributed by atoms with Crippen molar-refractivity contribution in [3.63, 3.8) is 0 Å². The molecule has 0 radical (unpaired) electrons. The van der Waals surface area contributed by atoms with Gasteiger partial charge in [0.1, 0.15) is 11.5 Å². The molecule has 3 rings (SSSR count). The first kappa shape index (κ1) is 21.0. The summed E-state index contributed by atoms with van der Waals surface area (Å²) in [7, 11) is 1.70. The van der Waals surface area contributed by atoms with Crippen LogP contribution in [0.5, 0.6) is 0 Å². The van der Waals surface area contributed by atoms with Crippen LogP contribution in [0.1, 0.15) is 42.9 Å². The molecule has 29 heavy (non-hydrogen) atoms. The van der Waals surface area contributed by atoms with E-state index in [-0.39, 0.29) is 18.5 Å². The van der Waals surface area contributed by atoms with E-state index in [1.54, 1.807) is 7.05 Å². The minimum Gasteiger partial charge on any atom is -0.464 e. The minimum absolute atomic E-state index is 0.0290. The lowest BCUT2D eigenvalue weighted by Gasteiger charge is -2.32. The number of guanidine groups is 1. The molecule has 1 aromatic carbocycles. The molecule has 1 saturated heterocycles. The SMILES string of the molecule is CN=C(NCC(=O)N1CCC(Cc2ccccc2)CC1)NC(C)c1ccc(C)o1. The van der Waals surface area contributed by atoms with Crippen molar-refractivity contribution < 1.29 is 9.21 Å². The zero-order valence-electron chi connectivity index (χ0n) is 17.6. The average molecular weight is 397 g/mol. The quantitative estimate of drug-likeness (QED) is 0.581. The van der Waals surface area contributed by atoms with Gasteiger partial charge >= 0.3 is 0 Å². The first-order chi connectivity index (χ1) is 14.0. The molecule has 0 saturated carbocycles. The van der Waals surface area contributed by atoms with E-state index in [0.29, 0.717) is 11.9 Å². The van der Waals surface area contributed by atoms with Gasteiger partial charge in [-0.3, -0.25) is 9.79 Å². The number of furan rings is 1. The molecule has 1 unspecified atom stereocenters. The number of aryl methyl sites for hydroxylation is 1. The van der Waals surface area contributed by atoms with E-state index in [0.717, 1.165) is 43.9 Å². The van der Waals surface area contributed by atoms with Crippen LogP contribution in [0.2, 0.25) is 0 Å². The Morgan fingerprint density at radius 3 is 2.55 bits per heavy atom.